The third-order valence-electron chi connectivity index (χ3n) is 4.55. The standard InChI is InChI=1S/C17H19N7O/c1-18-16-15-4-5-21-24(15)11-14(22-16)12-3-2-8-23(10-12)17(25)13-9-19-6-7-20-13/h4-7,9,11-12H,2-3,8,10H2,1H3,(H,18,22)/t12-/m1/s1. The monoisotopic (exact) mass is 337 g/mol. The quantitative estimate of drug-likeness (QED) is 0.781. The van der Waals surface area contributed by atoms with Crippen LogP contribution in [0.15, 0.2) is 37.1 Å². The Hall–Kier alpha value is -3.03. The predicted molar refractivity (Wildman–Crippen MR) is 92.4 cm³/mol. The number of hydrogen-bond donors (Lipinski definition) is 1. The highest BCUT2D eigenvalue weighted by Crippen LogP contribution is 2.28. The maximum Gasteiger partial charge on any atom is 0.274 e. The first-order valence-corrected chi connectivity index (χ1v) is 8.33. The Balaban J connectivity index is 1.60. The molecule has 0 spiro atoms. The number of rotatable bonds is 3. The van der Waals surface area contributed by atoms with Crippen LogP contribution in [0, 0.1) is 0 Å². The Labute approximate surface area is 144 Å². The lowest BCUT2D eigenvalue weighted by Crippen LogP contribution is -2.39. The van der Waals surface area contributed by atoms with Crippen molar-refractivity contribution in [2.75, 3.05) is 25.5 Å². The van der Waals surface area contributed by atoms with Gasteiger partial charge in [0.05, 0.1) is 24.3 Å². The molecule has 1 fully saturated rings. The number of piperidine rings is 1. The summed E-state index contributed by atoms with van der Waals surface area (Å²) < 4.78 is 1.83. The number of nitrogens with zero attached hydrogens (tertiary/aromatic N) is 6. The predicted octanol–water partition coefficient (Wildman–Crippen LogP) is 1.58. The van der Waals surface area contributed by atoms with Crippen molar-refractivity contribution in [2.45, 2.75) is 18.8 Å². The maximum atomic E-state index is 12.6. The molecule has 4 heterocycles. The highest BCUT2D eigenvalue weighted by atomic mass is 16.2. The minimum Gasteiger partial charge on any atom is -0.371 e. The molecule has 1 aliphatic rings. The highest BCUT2D eigenvalue weighted by molar-refractivity contribution is 5.92. The molecule has 8 nitrogen and oxygen atoms in total. The number of aromatic nitrogens is 5. The minimum absolute atomic E-state index is 0.0770. The van der Waals surface area contributed by atoms with E-state index in [9.17, 15) is 4.79 Å². The first kappa shape index (κ1) is 15.5. The molecule has 0 aliphatic carbocycles. The maximum absolute atomic E-state index is 12.6. The summed E-state index contributed by atoms with van der Waals surface area (Å²) in [5.74, 6) is 0.897. The van der Waals surface area contributed by atoms with Gasteiger partial charge in [0.2, 0.25) is 0 Å². The average Bonchev–Trinajstić information content (AvgIpc) is 3.16. The Bertz CT molecular complexity index is 892. The highest BCUT2D eigenvalue weighted by Gasteiger charge is 2.27. The Morgan fingerprint density at radius 3 is 3.04 bits per heavy atom. The number of nitrogens with one attached hydrogen (secondary N) is 1. The van der Waals surface area contributed by atoms with Crippen LogP contribution >= 0.6 is 0 Å². The van der Waals surface area contributed by atoms with Crippen LogP contribution in [0.25, 0.3) is 5.52 Å². The van der Waals surface area contributed by atoms with Gasteiger partial charge in [0.1, 0.15) is 11.2 Å². The van der Waals surface area contributed by atoms with Crippen molar-refractivity contribution in [2.24, 2.45) is 0 Å². The van der Waals surface area contributed by atoms with Gasteiger partial charge in [-0.2, -0.15) is 5.10 Å². The van der Waals surface area contributed by atoms with Crippen molar-refractivity contribution in [1.29, 1.82) is 0 Å². The molecule has 25 heavy (non-hydrogen) atoms. The van der Waals surface area contributed by atoms with Crippen LogP contribution in [0.3, 0.4) is 0 Å². The van der Waals surface area contributed by atoms with Crippen LogP contribution in [0.5, 0.6) is 0 Å². The van der Waals surface area contributed by atoms with Crippen molar-refractivity contribution < 1.29 is 4.79 Å². The molecule has 3 aromatic rings. The van der Waals surface area contributed by atoms with Crippen molar-refractivity contribution in [3.8, 4) is 0 Å². The van der Waals surface area contributed by atoms with E-state index in [2.05, 4.69) is 20.4 Å². The number of carbonyl (C=O) groups excluding carboxylic acids is 1. The van der Waals surface area contributed by atoms with Crippen molar-refractivity contribution >= 4 is 17.2 Å². The molecular weight excluding hydrogens is 318 g/mol. The second-order valence-electron chi connectivity index (χ2n) is 6.11. The van der Waals surface area contributed by atoms with Gasteiger partial charge < -0.3 is 10.2 Å². The average molecular weight is 337 g/mol. The van der Waals surface area contributed by atoms with Gasteiger partial charge in [0.15, 0.2) is 5.82 Å². The summed E-state index contributed by atoms with van der Waals surface area (Å²) in [5, 5.41) is 7.45. The number of hydrogen-bond acceptors (Lipinski definition) is 6. The molecule has 4 rings (SSSR count). The van der Waals surface area contributed by atoms with E-state index in [0.29, 0.717) is 12.2 Å². The molecule has 3 aromatic heterocycles. The van der Waals surface area contributed by atoms with E-state index in [0.717, 1.165) is 36.4 Å². The van der Waals surface area contributed by atoms with E-state index in [-0.39, 0.29) is 11.8 Å². The van der Waals surface area contributed by atoms with Gasteiger partial charge in [-0.05, 0) is 18.9 Å². The largest absolute Gasteiger partial charge is 0.371 e. The summed E-state index contributed by atoms with van der Waals surface area (Å²) in [5.41, 5.74) is 2.27. The smallest absolute Gasteiger partial charge is 0.274 e. The Morgan fingerprint density at radius 1 is 1.32 bits per heavy atom. The first-order valence-electron chi connectivity index (χ1n) is 8.33. The fourth-order valence-electron chi connectivity index (χ4n) is 3.30. The van der Waals surface area contributed by atoms with Crippen LogP contribution < -0.4 is 5.32 Å². The second kappa shape index (κ2) is 6.46. The molecule has 8 heteroatoms. The molecule has 0 aromatic carbocycles. The van der Waals surface area contributed by atoms with Gasteiger partial charge >= 0.3 is 0 Å². The van der Waals surface area contributed by atoms with Crippen molar-refractivity contribution in [3.05, 3.63) is 48.4 Å². The number of fused-ring (bicyclic) bond motifs is 1. The molecule has 0 bridgehead atoms. The van der Waals surface area contributed by atoms with Crippen LogP contribution in [-0.2, 0) is 0 Å². The van der Waals surface area contributed by atoms with E-state index >= 15 is 0 Å². The van der Waals surface area contributed by atoms with Crippen molar-refractivity contribution in [1.82, 2.24) is 29.5 Å². The fraction of sp³-hybridized carbons (Fsp3) is 0.353. The van der Waals surface area contributed by atoms with Gasteiger partial charge in [-0.15, -0.1) is 0 Å². The van der Waals surface area contributed by atoms with Crippen LogP contribution in [0.1, 0.15) is 34.9 Å². The molecule has 0 saturated carbocycles. The lowest BCUT2D eigenvalue weighted by molar-refractivity contribution is 0.0699. The Kier molecular flexibility index (Phi) is 4.01. The molecule has 1 N–H and O–H groups in total. The van der Waals surface area contributed by atoms with Gasteiger partial charge in [0.25, 0.3) is 5.91 Å². The lowest BCUT2D eigenvalue weighted by Gasteiger charge is -2.32. The summed E-state index contributed by atoms with van der Waals surface area (Å²) in [6.07, 6.45) is 10.3. The number of carbonyl (C=O) groups is 1. The molecule has 1 atom stereocenters. The number of anilines is 1. The third-order valence-corrected chi connectivity index (χ3v) is 4.55. The summed E-state index contributed by atoms with van der Waals surface area (Å²) in [4.78, 5) is 27.3. The SMILES string of the molecule is CNc1nc([C@@H]2CCCN(C(=O)c3cnccn3)C2)cn2nccc12. The van der Waals surface area contributed by atoms with Crippen LogP contribution in [-0.4, -0.2) is 55.5 Å². The zero-order valence-electron chi connectivity index (χ0n) is 14.0. The molecule has 128 valence electrons. The molecular formula is C17H19N7O. The second-order valence-corrected chi connectivity index (χ2v) is 6.11. The van der Waals surface area contributed by atoms with E-state index < -0.39 is 0 Å². The summed E-state index contributed by atoms with van der Waals surface area (Å²) in [7, 11) is 1.85. The van der Waals surface area contributed by atoms with E-state index in [1.165, 1.54) is 6.20 Å². The van der Waals surface area contributed by atoms with Crippen molar-refractivity contribution in [3.63, 3.8) is 0 Å². The zero-order chi connectivity index (χ0) is 17.2. The minimum atomic E-state index is -0.0770. The van der Waals surface area contributed by atoms with E-state index in [4.69, 9.17) is 4.98 Å². The molecule has 1 saturated heterocycles. The van der Waals surface area contributed by atoms with Gasteiger partial charge in [-0.1, -0.05) is 0 Å². The normalized spacial score (nSPS) is 17.6. The topological polar surface area (TPSA) is 88.3 Å². The Morgan fingerprint density at radius 2 is 2.24 bits per heavy atom. The molecule has 0 radical (unpaired) electrons. The fourth-order valence-corrected chi connectivity index (χ4v) is 3.30. The van der Waals surface area contributed by atoms with Gasteiger partial charge in [0, 0.05) is 38.4 Å². The summed E-state index contributed by atoms with van der Waals surface area (Å²) in [6.45, 7) is 1.35. The number of likely N-dealkylation sites (tertiary alicyclic amines) is 1. The van der Waals surface area contributed by atoms with E-state index in [1.807, 2.05) is 28.7 Å². The van der Waals surface area contributed by atoms with Crippen LogP contribution in [0.2, 0.25) is 0 Å². The van der Waals surface area contributed by atoms with Gasteiger partial charge in [-0.25, -0.2) is 14.5 Å². The first-order chi connectivity index (χ1) is 12.3. The molecule has 0 unspecified atom stereocenters. The molecule has 1 amide bonds. The zero-order valence-corrected chi connectivity index (χ0v) is 14.0. The van der Waals surface area contributed by atoms with Crippen LogP contribution in [0.4, 0.5) is 5.82 Å². The van der Waals surface area contributed by atoms with E-state index in [1.54, 1.807) is 18.6 Å². The van der Waals surface area contributed by atoms with Gasteiger partial charge in [-0.3, -0.25) is 9.78 Å². The summed E-state index contributed by atoms with van der Waals surface area (Å²) in [6, 6.07) is 1.92. The summed E-state index contributed by atoms with van der Waals surface area (Å²) >= 11 is 0. The molecule has 1 aliphatic heterocycles. The number of amides is 1. The third kappa shape index (κ3) is 2.90. The lowest BCUT2D eigenvalue weighted by atomic mass is 9.94.